The van der Waals surface area contributed by atoms with Crippen LogP contribution in [0.5, 0.6) is 0 Å². The van der Waals surface area contributed by atoms with Gasteiger partial charge in [0.1, 0.15) is 11.4 Å². The number of carbonyl (C=O) groups excluding carboxylic acids is 1. The minimum Gasteiger partial charge on any atom is -0.463 e. The molecule has 6 nitrogen and oxygen atoms in total. The molecule has 0 N–H and O–H groups in total. The van der Waals surface area contributed by atoms with Gasteiger partial charge in [-0.3, -0.25) is 4.79 Å². The Balaban J connectivity index is 1.71. The van der Waals surface area contributed by atoms with Crippen molar-refractivity contribution in [3.05, 3.63) is 60.4 Å². The molecular weight excluding hydrogens is 374 g/mol. The zero-order chi connectivity index (χ0) is 18.9. The number of hydrogen-bond donors (Lipinski definition) is 0. The Labute approximate surface area is 165 Å². The number of furan rings is 1. The van der Waals surface area contributed by atoms with Crippen molar-refractivity contribution in [2.24, 2.45) is 0 Å². The van der Waals surface area contributed by atoms with Crippen LogP contribution in [-0.4, -0.2) is 45.5 Å². The predicted octanol–water partition coefficient (Wildman–Crippen LogP) is 4.34. The summed E-state index contributed by atoms with van der Waals surface area (Å²) in [5, 5.41) is 4.88. The van der Waals surface area contributed by atoms with Crippen molar-refractivity contribution in [1.82, 2.24) is 15.0 Å². The molecule has 4 heterocycles. The highest BCUT2D eigenvalue weighted by Gasteiger charge is 2.26. The molecule has 7 heteroatoms. The third-order valence-electron chi connectivity index (χ3n) is 4.80. The monoisotopic (exact) mass is 391 g/mol. The van der Waals surface area contributed by atoms with Gasteiger partial charge in [0.05, 0.1) is 17.2 Å². The zero-order valence-corrected chi connectivity index (χ0v) is 15.8. The van der Waals surface area contributed by atoms with Crippen LogP contribution in [0.1, 0.15) is 10.4 Å². The Morgan fingerprint density at radius 3 is 2.64 bits per heavy atom. The molecule has 1 saturated heterocycles. The first-order valence-corrected chi connectivity index (χ1v) is 10.2. The van der Waals surface area contributed by atoms with E-state index >= 15 is 0 Å². The van der Waals surface area contributed by atoms with Gasteiger partial charge in [0.25, 0.3) is 11.6 Å². The molecule has 0 unspecified atom stereocenters. The van der Waals surface area contributed by atoms with Crippen molar-refractivity contribution in [2.45, 2.75) is 0 Å². The fraction of sp³-hybridized carbons (Fsp3) is 0.190. The van der Waals surface area contributed by atoms with Crippen LogP contribution in [0, 0.1) is 0 Å². The average molecular weight is 391 g/mol. The maximum atomic E-state index is 13.4. The van der Waals surface area contributed by atoms with Crippen LogP contribution in [-0.2, 0) is 0 Å². The molecule has 1 aliphatic heterocycles. The van der Waals surface area contributed by atoms with Crippen LogP contribution in [0.2, 0.25) is 0 Å². The summed E-state index contributed by atoms with van der Waals surface area (Å²) < 4.78 is 11.0. The van der Waals surface area contributed by atoms with Gasteiger partial charge in [0, 0.05) is 30.2 Å². The summed E-state index contributed by atoms with van der Waals surface area (Å²) >= 11 is 1.87. The van der Waals surface area contributed by atoms with Crippen LogP contribution >= 0.6 is 11.8 Å². The van der Waals surface area contributed by atoms with Gasteiger partial charge in [-0.25, -0.2) is 4.98 Å². The highest BCUT2D eigenvalue weighted by Crippen LogP contribution is 2.33. The molecule has 1 fully saturated rings. The Hall–Kier alpha value is -3.06. The van der Waals surface area contributed by atoms with Crippen LogP contribution in [0.3, 0.4) is 0 Å². The molecule has 0 bridgehead atoms. The lowest BCUT2D eigenvalue weighted by atomic mass is 10.0. The molecule has 1 aromatic carbocycles. The summed E-state index contributed by atoms with van der Waals surface area (Å²) in [5.74, 6) is 2.45. The van der Waals surface area contributed by atoms with Crippen molar-refractivity contribution in [3.8, 4) is 22.7 Å². The van der Waals surface area contributed by atoms with Gasteiger partial charge in [0.15, 0.2) is 5.76 Å². The van der Waals surface area contributed by atoms with E-state index in [9.17, 15) is 4.79 Å². The molecule has 0 spiro atoms. The maximum absolute atomic E-state index is 13.4. The molecule has 0 aliphatic carbocycles. The molecule has 4 aromatic rings. The van der Waals surface area contributed by atoms with E-state index in [0.717, 1.165) is 30.2 Å². The third kappa shape index (κ3) is 2.97. The fourth-order valence-electron chi connectivity index (χ4n) is 3.40. The normalized spacial score (nSPS) is 14.5. The molecule has 1 aliphatic rings. The van der Waals surface area contributed by atoms with E-state index in [2.05, 4.69) is 10.1 Å². The summed E-state index contributed by atoms with van der Waals surface area (Å²) in [4.78, 5) is 19.8. The van der Waals surface area contributed by atoms with Gasteiger partial charge in [0.2, 0.25) is 0 Å². The van der Waals surface area contributed by atoms with E-state index in [-0.39, 0.29) is 5.91 Å². The second-order valence-corrected chi connectivity index (χ2v) is 7.74. The standard InChI is InChI=1S/C21H17N3O3S/c25-21(24-8-11-28-12-9-24)15-13-16(17-7-4-10-26-17)22-20-18(15)19(23-27-20)14-5-2-1-3-6-14/h1-7,10,13H,8-9,11-12H2. The van der Waals surface area contributed by atoms with Crippen molar-refractivity contribution >= 4 is 28.8 Å². The zero-order valence-electron chi connectivity index (χ0n) is 15.0. The number of nitrogens with zero attached hydrogens (tertiary/aromatic N) is 3. The second kappa shape index (κ2) is 7.16. The van der Waals surface area contributed by atoms with E-state index in [1.165, 1.54) is 0 Å². The first-order valence-electron chi connectivity index (χ1n) is 9.08. The van der Waals surface area contributed by atoms with Crippen molar-refractivity contribution in [3.63, 3.8) is 0 Å². The first kappa shape index (κ1) is 17.1. The van der Waals surface area contributed by atoms with Gasteiger partial charge in [-0.05, 0) is 18.2 Å². The van der Waals surface area contributed by atoms with E-state index in [4.69, 9.17) is 8.94 Å². The topological polar surface area (TPSA) is 72.4 Å². The molecule has 0 atom stereocenters. The largest absolute Gasteiger partial charge is 0.463 e. The first-order chi connectivity index (χ1) is 13.8. The number of aromatic nitrogens is 2. The Bertz CT molecular complexity index is 1120. The number of rotatable bonds is 3. The van der Waals surface area contributed by atoms with E-state index in [1.54, 1.807) is 18.4 Å². The number of amides is 1. The Kier molecular flexibility index (Phi) is 4.37. The van der Waals surface area contributed by atoms with Crippen molar-refractivity contribution < 1.29 is 13.7 Å². The van der Waals surface area contributed by atoms with E-state index < -0.39 is 0 Å². The molecule has 1 amide bonds. The Morgan fingerprint density at radius 2 is 1.89 bits per heavy atom. The van der Waals surface area contributed by atoms with Gasteiger partial charge in [-0.1, -0.05) is 35.5 Å². The molecule has 140 valence electrons. The lowest BCUT2D eigenvalue weighted by Gasteiger charge is -2.26. The summed E-state index contributed by atoms with van der Waals surface area (Å²) in [7, 11) is 0. The van der Waals surface area contributed by atoms with Crippen molar-refractivity contribution in [1.29, 1.82) is 0 Å². The average Bonchev–Trinajstić information content (AvgIpc) is 3.44. The lowest BCUT2D eigenvalue weighted by Crippen LogP contribution is -2.38. The second-order valence-electron chi connectivity index (χ2n) is 6.51. The molecule has 5 rings (SSSR count). The SMILES string of the molecule is O=C(c1cc(-c2ccco2)nc2onc(-c3ccccc3)c12)N1CCSCC1. The molecule has 0 radical (unpaired) electrons. The summed E-state index contributed by atoms with van der Waals surface area (Å²) in [6.45, 7) is 1.46. The summed E-state index contributed by atoms with van der Waals surface area (Å²) in [6.07, 6.45) is 1.58. The van der Waals surface area contributed by atoms with Crippen LogP contribution in [0.15, 0.2) is 63.7 Å². The smallest absolute Gasteiger partial charge is 0.259 e. The van der Waals surface area contributed by atoms with Crippen molar-refractivity contribution in [2.75, 3.05) is 24.6 Å². The summed E-state index contributed by atoms with van der Waals surface area (Å²) in [6, 6.07) is 15.1. The predicted molar refractivity (Wildman–Crippen MR) is 108 cm³/mol. The lowest BCUT2D eigenvalue weighted by molar-refractivity contribution is 0.0774. The van der Waals surface area contributed by atoms with Crippen LogP contribution in [0.25, 0.3) is 33.8 Å². The Morgan fingerprint density at radius 1 is 1.07 bits per heavy atom. The number of benzene rings is 1. The number of thioether (sulfide) groups is 1. The fourth-order valence-corrected chi connectivity index (χ4v) is 4.30. The minimum atomic E-state index is -0.0270. The van der Waals surface area contributed by atoms with E-state index in [0.29, 0.717) is 33.8 Å². The van der Waals surface area contributed by atoms with Crippen LogP contribution < -0.4 is 0 Å². The number of fused-ring (bicyclic) bond motifs is 1. The minimum absolute atomic E-state index is 0.0270. The third-order valence-corrected chi connectivity index (χ3v) is 5.74. The molecule has 0 saturated carbocycles. The van der Waals surface area contributed by atoms with Crippen LogP contribution in [0.4, 0.5) is 0 Å². The molecule has 3 aromatic heterocycles. The van der Waals surface area contributed by atoms with Gasteiger partial charge in [-0.15, -0.1) is 0 Å². The summed E-state index contributed by atoms with van der Waals surface area (Å²) in [5.41, 5.74) is 2.95. The van der Waals surface area contributed by atoms with Gasteiger partial charge in [-0.2, -0.15) is 11.8 Å². The number of hydrogen-bond acceptors (Lipinski definition) is 6. The highest BCUT2D eigenvalue weighted by atomic mass is 32.2. The van der Waals surface area contributed by atoms with Gasteiger partial charge < -0.3 is 13.8 Å². The highest BCUT2D eigenvalue weighted by molar-refractivity contribution is 7.99. The number of carbonyl (C=O) groups is 1. The number of pyridine rings is 1. The van der Waals surface area contributed by atoms with E-state index in [1.807, 2.05) is 53.1 Å². The maximum Gasteiger partial charge on any atom is 0.259 e. The quantitative estimate of drug-likeness (QED) is 0.517. The molecular formula is C21H17N3O3S. The van der Waals surface area contributed by atoms with Gasteiger partial charge >= 0.3 is 0 Å². The molecule has 28 heavy (non-hydrogen) atoms.